The van der Waals surface area contributed by atoms with Gasteiger partial charge in [-0.1, -0.05) is 0 Å². The third kappa shape index (κ3) is 1.40. The van der Waals surface area contributed by atoms with Crippen molar-refractivity contribution < 1.29 is 4.21 Å². The zero-order valence-electron chi connectivity index (χ0n) is 4.93. The molecule has 2 nitrogen and oxygen atoms in total. The highest BCUT2D eigenvalue weighted by Crippen LogP contribution is 2.11. The van der Waals surface area contributed by atoms with Crippen molar-refractivity contribution in [3.8, 4) is 0 Å². The zero-order chi connectivity index (χ0) is 6.85. The second kappa shape index (κ2) is 2.62. The van der Waals surface area contributed by atoms with Crippen molar-refractivity contribution in [2.24, 2.45) is 4.40 Å². The molecule has 0 aromatic carbocycles. The maximum Gasteiger partial charge on any atom is 0.165 e. The number of hydrogen-bond donors (Lipinski definition) is 0. The molecule has 1 aliphatic heterocycles. The topological polar surface area (TPSA) is 29.4 Å². The van der Waals surface area contributed by atoms with E-state index < -0.39 is 11.0 Å². The minimum Gasteiger partial charge on any atom is -0.230 e. The van der Waals surface area contributed by atoms with E-state index in [0.29, 0.717) is 5.88 Å². The average Bonchev–Trinajstić information content (AvgIpc) is 2.10. The molecule has 9 heavy (non-hydrogen) atoms. The molecule has 0 aliphatic carbocycles. The predicted molar refractivity (Wildman–Crippen MR) is 40.1 cm³/mol. The summed E-state index contributed by atoms with van der Waals surface area (Å²) in [6.45, 7) is 1.80. The Kier molecular flexibility index (Phi) is 2.03. The molecule has 0 aromatic rings. The summed E-state index contributed by atoms with van der Waals surface area (Å²) in [4.78, 5) is 0. The smallest absolute Gasteiger partial charge is 0.165 e. The molecule has 4 heteroatoms. The van der Waals surface area contributed by atoms with Crippen molar-refractivity contribution in [1.82, 2.24) is 0 Å². The lowest BCUT2D eigenvalue weighted by molar-refractivity contribution is 0.690. The Morgan fingerprint density at radius 3 is 2.78 bits per heavy atom. The Morgan fingerprint density at radius 2 is 2.56 bits per heavy atom. The maximum atomic E-state index is 10.6. The molecule has 0 aromatic heterocycles. The van der Waals surface area contributed by atoms with E-state index in [1.165, 1.54) is 0 Å². The minimum absolute atomic E-state index is 0.404. The molecule has 50 valence electrons. The van der Waals surface area contributed by atoms with Gasteiger partial charge in [0.15, 0.2) is 11.0 Å². The summed E-state index contributed by atoms with van der Waals surface area (Å²) < 4.78 is 14.4. The lowest BCUT2D eigenvalue weighted by Gasteiger charge is -1.89. The van der Waals surface area contributed by atoms with Gasteiger partial charge in [0, 0.05) is 11.3 Å². The fourth-order valence-electron chi connectivity index (χ4n) is 0.555. The van der Waals surface area contributed by atoms with Gasteiger partial charge in [-0.2, -0.15) is 4.40 Å². The molecular weight excluding hydrogens is 158 g/mol. The van der Waals surface area contributed by atoms with Crippen LogP contribution in [0.25, 0.3) is 0 Å². The first-order chi connectivity index (χ1) is 4.24. The average molecular weight is 164 g/mol. The largest absolute Gasteiger partial charge is 0.230 e. The minimum atomic E-state index is -1.14. The van der Waals surface area contributed by atoms with Crippen LogP contribution in [0.5, 0.6) is 0 Å². The van der Waals surface area contributed by atoms with Gasteiger partial charge in [0.2, 0.25) is 0 Å². The summed E-state index contributed by atoms with van der Waals surface area (Å²) in [5.41, 5.74) is 1.68. The van der Waals surface area contributed by atoms with Crippen molar-refractivity contribution in [3.63, 3.8) is 0 Å². The Hall–Kier alpha value is -0.150. The van der Waals surface area contributed by atoms with Crippen molar-refractivity contribution in [2.45, 2.75) is 6.92 Å². The summed E-state index contributed by atoms with van der Waals surface area (Å²) in [6, 6.07) is 0. The number of nitrogens with zero attached hydrogens (tertiary/aromatic N) is 1. The van der Waals surface area contributed by atoms with E-state index >= 15 is 0 Å². The van der Waals surface area contributed by atoms with Gasteiger partial charge in [-0.05, 0) is 12.5 Å². The Labute approximate surface area is 61.2 Å². The van der Waals surface area contributed by atoms with E-state index in [0.717, 1.165) is 11.3 Å². The molecule has 0 N–H and O–H groups in total. The van der Waals surface area contributed by atoms with Crippen LogP contribution in [0, 0.1) is 0 Å². The molecule has 1 rings (SSSR count). The van der Waals surface area contributed by atoms with Gasteiger partial charge in [-0.15, -0.1) is 11.6 Å². The van der Waals surface area contributed by atoms with Crippen LogP contribution >= 0.6 is 11.6 Å². The summed E-state index contributed by atoms with van der Waals surface area (Å²) in [5.74, 6) is 0.404. The Morgan fingerprint density at radius 1 is 1.89 bits per heavy atom. The molecule has 0 bridgehead atoms. The van der Waals surface area contributed by atoms with Gasteiger partial charge >= 0.3 is 0 Å². The van der Waals surface area contributed by atoms with Gasteiger partial charge < -0.3 is 0 Å². The fraction of sp³-hybridized carbons (Fsp3) is 0.400. The van der Waals surface area contributed by atoms with Crippen LogP contribution in [0.1, 0.15) is 6.92 Å². The summed E-state index contributed by atoms with van der Waals surface area (Å²) >= 11 is 5.48. The van der Waals surface area contributed by atoms with Crippen LogP contribution in [-0.2, 0) is 11.0 Å². The second-order valence-corrected chi connectivity index (χ2v) is 2.97. The van der Waals surface area contributed by atoms with E-state index in [1.54, 1.807) is 12.3 Å². The quantitative estimate of drug-likeness (QED) is 0.535. The number of rotatable bonds is 1. The first-order valence-corrected chi connectivity index (χ1v) is 4.17. The van der Waals surface area contributed by atoms with Crippen LogP contribution in [0.4, 0.5) is 0 Å². The van der Waals surface area contributed by atoms with Crippen LogP contribution in [0.15, 0.2) is 15.4 Å². The lowest BCUT2D eigenvalue weighted by atomic mass is 10.2. The van der Waals surface area contributed by atoms with Crippen LogP contribution < -0.4 is 0 Å². The molecule has 0 saturated heterocycles. The van der Waals surface area contributed by atoms with Crippen molar-refractivity contribution in [3.05, 3.63) is 11.0 Å². The lowest BCUT2D eigenvalue weighted by Crippen LogP contribution is -1.92. The molecule has 0 spiro atoms. The van der Waals surface area contributed by atoms with E-state index in [1.807, 2.05) is 0 Å². The molecule has 0 amide bonds. The van der Waals surface area contributed by atoms with E-state index in [9.17, 15) is 4.21 Å². The molecular formula is C5H6ClNOS. The Bertz CT molecular complexity index is 209. The van der Waals surface area contributed by atoms with Crippen molar-refractivity contribution >= 4 is 28.3 Å². The summed E-state index contributed by atoms with van der Waals surface area (Å²) in [6.07, 6.45) is 0. The highest BCUT2D eigenvalue weighted by molar-refractivity contribution is 7.87. The van der Waals surface area contributed by atoms with Gasteiger partial charge in [-0.3, -0.25) is 0 Å². The first-order valence-electron chi connectivity index (χ1n) is 2.47. The standard InChI is InChI=1S/C5H6ClNOS/c1-4-5(2-6)3-9(8)7-4/h3H,2H2,1H3. The fourth-order valence-corrected chi connectivity index (χ4v) is 1.85. The van der Waals surface area contributed by atoms with Crippen LogP contribution in [-0.4, -0.2) is 15.8 Å². The Balaban J connectivity index is 2.87. The van der Waals surface area contributed by atoms with Gasteiger partial charge in [0.25, 0.3) is 0 Å². The molecule has 1 heterocycles. The van der Waals surface area contributed by atoms with Crippen LogP contribution in [0.3, 0.4) is 0 Å². The molecule has 0 saturated carbocycles. The van der Waals surface area contributed by atoms with Gasteiger partial charge in [0.05, 0.1) is 5.71 Å². The monoisotopic (exact) mass is 163 g/mol. The molecule has 0 radical (unpaired) electrons. The predicted octanol–water partition coefficient (Wildman–Crippen LogP) is 1.25. The highest BCUT2D eigenvalue weighted by Gasteiger charge is 2.09. The highest BCUT2D eigenvalue weighted by atomic mass is 35.5. The number of allylic oxidation sites excluding steroid dienone is 1. The third-order valence-corrected chi connectivity index (χ3v) is 2.31. The zero-order valence-corrected chi connectivity index (χ0v) is 6.50. The number of hydrogen-bond acceptors (Lipinski definition) is 1. The third-order valence-electron chi connectivity index (χ3n) is 1.08. The summed E-state index contributed by atoms with van der Waals surface area (Å²) in [5, 5.41) is 1.57. The normalized spacial score (nSPS) is 25.8. The number of alkyl halides is 1. The van der Waals surface area contributed by atoms with E-state index in [4.69, 9.17) is 11.6 Å². The van der Waals surface area contributed by atoms with E-state index in [-0.39, 0.29) is 0 Å². The number of halogens is 1. The molecule has 1 aliphatic rings. The molecule has 0 fully saturated rings. The van der Waals surface area contributed by atoms with Crippen molar-refractivity contribution in [2.75, 3.05) is 5.88 Å². The van der Waals surface area contributed by atoms with Crippen molar-refractivity contribution in [1.29, 1.82) is 0 Å². The SMILES string of the molecule is CC1=NS(=O)C=C1CCl. The first kappa shape index (κ1) is 6.96. The molecule has 1 unspecified atom stereocenters. The maximum absolute atomic E-state index is 10.6. The van der Waals surface area contributed by atoms with E-state index in [2.05, 4.69) is 4.40 Å². The van der Waals surface area contributed by atoms with Crippen LogP contribution in [0.2, 0.25) is 0 Å². The van der Waals surface area contributed by atoms with Gasteiger partial charge in [0.1, 0.15) is 0 Å². The molecule has 1 atom stereocenters. The summed E-state index contributed by atoms with van der Waals surface area (Å²) in [7, 11) is -1.14. The van der Waals surface area contributed by atoms with Gasteiger partial charge in [-0.25, -0.2) is 4.21 Å². The second-order valence-electron chi connectivity index (χ2n) is 1.73.